The van der Waals surface area contributed by atoms with Gasteiger partial charge in [0.15, 0.2) is 5.60 Å². The Morgan fingerprint density at radius 3 is 2.48 bits per heavy atom. The normalized spacial score (nSPS) is 21.7. The largest absolute Gasteiger partial charge is 0.507 e. The number of nitrogens with zero attached hydrogens (tertiary/aromatic N) is 5. The van der Waals surface area contributed by atoms with Crippen molar-refractivity contribution in [3.05, 3.63) is 106 Å². The Kier molecular flexibility index (Phi) is 14.6. The van der Waals surface area contributed by atoms with Crippen LogP contribution in [0.5, 0.6) is 5.75 Å². The quantitative estimate of drug-likeness (QED) is 0.0803. The molecule has 3 heterocycles. The number of carbonyl (C=O) groups excluding carboxylic acids is 3. The van der Waals surface area contributed by atoms with Gasteiger partial charge in [-0.3, -0.25) is 19.4 Å². The summed E-state index contributed by atoms with van der Waals surface area (Å²) in [7, 11) is 0. The SMILES string of the molecule is Cc1cc(C(=O)NC[C@@H](O)[C@@H](O)[C@@H]2O[C@@](C/C=C/c3cccc(CNC(=O)c4cnccn4)c3)(C(=O)O)C[C@H](O)[C@H]2NC(=O)Cn2cc(C3CCCCC3)nn2)cc(C)c1O. The summed E-state index contributed by atoms with van der Waals surface area (Å²) in [5.74, 6) is -2.84. The summed E-state index contributed by atoms with van der Waals surface area (Å²) in [5.41, 5.74) is 1.32. The van der Waals surface area contributed by atoms with Crippen molar-refractivity contribution in [1.82, 2.24) is 40.9 Å². The molecule has 0 bridgehead atoms. The first-order valence-electron chi connectivity index (χ1n) is 20.3. The van der Waals surface area contributed by atoms with Gasteiger partial charge in [-0.05, 0) is 67.1 Å². The molecule has 3 amide bonds. The maximum Gasteiger partial charge on any atom is 0.336 e. The van der Waals surface area contributed by atoms with E-state index in [-0.39, 0.29) is 42.4 Å². The fraction of sp³-hybridized carbons (Fsp3) is 0.442. The van der Waals surface area contributed by atoms with E-state index < -0.39 is 72.7 Å². The summed E-state index contributed by atoms with van der Waals surface area (Å²) in [5, 5.41) is 71.5. The lowest BCUT2D eigenvalue weighted by Gasteiger charge is -2.47. The smallest absolute Gasteiger partial charge is 0.336 e. The molecule has 61 heavy (non-hydrogen) atoms. The number of hydrogen-bond donors (Lipinski definition) is 8. The summed E-state index contributed by atoms with van der Waals surface area (Å²) < 4.78 is 7.54. The number of benzene rings is 2. The molecule has 1 saturated heterocycles. The number of rotatable bonds is 16. The molecule has 4 aromatic rings. The Balaban J connectivity index is 1.17. The van der Waals surface area contributed by atoms with E-state index in [4.69, 9.17) is 4.74 Å². The van der Waals surface area contributed by atoms with Crippen molar-refractivity contribution in [2.24, 2.45) is 0 Å². The minimum atomic E-state index is -2.13. The van der Waals surface area contributed by atoms with Gasteiger partial charge in [0.05, 0.1) is 30.1 Å². The van der Waals surface area contributed by atoms with Crippen molar-refractivity contribution in [3.63, 3.8) is 0 Å². The van der Waals surface area contributed by atoms with E-state index in [0.717, 1.165) is 43.4 Å². The van der Waals surface area contributed by atoms with E-state index in [1.807, 2.05) is 0 Å². The zero-order valence-corrected chi connectivity index (χ0v) is 34.0. The molecule has 1 aliphatic carbocycles. The van der Waals surface area contributed by atoms with Crippen LogP contribution in [0.15, 0.2) is 67.3 Å². The van der Waals surface area contributed by atoms with Gasteiger partial charge in [-0.25, -0.2) is 14.5 Å². The molecule has 6 rings (SSSR count). The Hall–Kier alpha value is -6.08. The van der Waals surface area contributed by atoms with Crippen LogP contribution >= 0.6 is 0 Å². The van der Waals surface area contributed by atoms with Crippen molar-refractivity contribution in [2.75, 3.05) is 6.54 Å². The molecule has 0 unspecified atom stereocenters. The number of aromatic nitrogens is 5. The van der Waals surface area contributed by atoms with Gasteiger partial charge in [-0.2, -0.15) is 0 Å². The minimum Gasteiger partial charge on any atom is -0.507 e. The van der Waals surface area contributed by atoms with Crippen molar-refractivity contribution >= 4 is 29.8 Å². The van der Waals surface area contributed by atoms with Crippen LogP contribution in [0, 0.1) is 13.8 Å². The van der Waals surface area contributed by atoms with Crippen LogP contribution in [0.25, 0.3) is 6.08 Å². The number of aromatic hydroxyl groups is 1. The van der Waals surface area contributed by atoms with E-state index in [9.17, 15) is 44.7 Å². The van der Waals surface area contributed by atoms with Crippen LogP contribution in [0.4, 0.5) is 0 Å². The molecular weight excluding hydrogens is 789 g/mol. The number of carbonyl (C=O) groups is 4. The first-order chi connectivity index (χ1) is 29.2. The number of aliphatic hydroxyl groups excluding tert-OH is 3. The first kappa shape index (κ1) is 44.5. The Labute approximate surface area is 352 Å². The van der Waals surface area contributed by atoms with Crippen LogP contribution < -0.4 is 16.0 Å². The van der Waals surface area contributed by atoms with Crippen molar-refractivity contribution in [3.8, 4) is 5.75 Å². The van der Waals surface area contributed by atoms with Gasteiger partial charge >= 0.3 is 5.97 Å². The molecule has 18 heteroatoms. The molecule has 2 aromatic carbocycles. The summed E-state index contributed by atoms with van der Waals surface area (Å²) in [6.45, 7) is 2.61. The molecule has 6 atom stereocenters. The summed E-state index contributed by atoms with van der Waals surface area (Å²) in [4.78, 5) is 59.9. The Bertz CT molecular complexity index is 2190. The number of nitrogens with one attached hydrogen (secondary N) is 3. The second-order valence-electron chi connectivity index (χ2n) is 15.8. The van der Waals surface area contributed by atoms with Crippen LogP contribution in [0.3, 0.4) is 0 Å². The van der Waals surface area contributed by atoms with Gasteiger partial charge in [0.2, 0.25) is 5.91 Å². The van der Waals surface area contributed by atoms with E-state index >= 15 is 0 Å². The third-order valence-corrected chi connectivity index (χ3v) is 11.2. The van der Waals surface area contributed by atoms with E-state index in [1.165, 1.54) is 41.5 Å². The standard InChI is InChI=1S/C43H52N8O10/c1-25-16-30(17-26(2)37(25)55)40(57)47-22-34(53)38(56)39-36(48-35(54)24-51-23-32(49-50-51)29-11-4-3-5-12-29)33(52)19-43(61-39,42(59)60)13-7-10-27-8-6-9-28(18-27)20-46-41(58)31-21-44-14-15-45-31/h6-10,14-18,21,23,29,33-34,36,38-39,52-53,55-56H,3-5,11-13,19-20,22,24H2,1-2H3,(H,46,58)(H,47,57)(H,48,54)(H,59,60)/b10-7+/t33-,34+,36+,38+,39+,43+/m0/s1. The van der Waals surface area contributed by atoms with Crippen LogP contribution in [-0.2, 0) is 27.4 Å². The number of phenolic OH excluding ortho intramolecular Hbond substituents is 1. The average Bonchev–Trinajstić information content (AvgIpc) is 3.73. The maximum absolute atomic E-state index is 13.5. The molecule has 0 spiro atoms. The molecular formula is C43H52N8O10. The summed E-state index contributed by atoms with van der Waals surface area (Å²) in [6.07, 6.45) is 6.63. The highest BCUT2D eigenvalue weighted by Crippen LogP contribution is 2.36. The lowest BCUT2D eigenvalue weighted by Crippen LogP contribution is -2.67. The number of aryl methyl sites for hydroxylation is 2. The van der Waals surface area contributed by atoms with Crippen LogP contribution in [0.1, 0.15) is 99.7 Å². The zero-order chi connectivity index (χ0) is 43.7. The molecule has 18 nitrogen and oxygen atoms in total. The Morgan fingerprint density at radius 1 is 1.02 bits per heavy atom. The number of ether oxygens (including phenoxy) is 1. The van der Waals surface area contributed by atoms with Gasteiger partial charge in [0.25, 0.3) is 11.8 Å². The third-order valence-electron chi connectivity index (χ3n) is 11.2. The number of aliphatic hydroxyl groups is 3. The highest BCUT2D eigenvalue weighted by atomic mass is 16.6. The van der Waals surface area contributed by atoms with Gasteiger partial charge < -0.3 is 46.2 Å². The van der Waals surface area contributed by atoms with Gasteiger partial charge in [0.1, 0.15) is 30.2 Å². The molecule has 8 N–H and O–H groups in total. The lowest BCUT2D eigenvalue weighted by molar-refractivity contribution is -0.226. The predicted octanol–water partition coefficient (Wildman–Crippen LogP) is 2.08. The third kappa shape index (κ3) is 11.2. The summed E-state index contributed by atoms with van der Waals surface area (Å²) in [6, 6.07) is 8.64. The van der Waals surface area contributed by atoms with E-state index in [2.05, 4.69) is 36.2 Å². The first-order valence-corrected chi connectivity index (χ1v) is 20.3. The molecule has 0 radical (unpaired) electrons. The van der Waals surface area contributed by atoms with Crippen molar-refractivity contribution in [1.29, 1.82) is 0 Å². The van der Waals surface area contributed by atoms with Gasteiger partial charge in [-0.15, -0.1) is 5.10 Å². The molecule has 2 aliphatic rings. The van der Waals surface area contributed by atoms with Crippen LogP contribution in [0.2, 0.25) is 0 Å². The number of amides is 3. The number of aliphatic carboxylic acids is 1. The van der Waals surface area contributed by atoms with E-state index in [0.29, 0.717) is 16.7 Å². The Morgan fingerprint density at radius 2 is 1.77 bits per heavy atom. The van der Waals surface area contributed by atoms with Gasteiger partial charge in [0, 0.05) is 56.0 Å². The second kappa shape index (κ2) is 20.0. The number of carboxylic acids is 1. The van der Waals surface area contributed by atoms with E-state index in [1.54, 1.807) is 50.4 Å². The molecule has 324 valence electrons. The lowest BCUT2D eigenvalue weighted by atomic mass is 9.81. The minimum absolute atomic E-state index is 0.0347. The second-order valence-corrected chi connectivity index (χ2v) is 15.8. The zero-order valence-electron chi connectivity index (χ0n) is 34.0. The monoisotopic (exact) mass is 840 g/mol. The highest BCUT2D eigenvalue weighted by molar-refractivity contribution is 5.95. The number of carboxylic acid groups (broad SMARTS) is 1. The predicted molar refractivity (Wildman–Crippen MR) is 219 cm³/mol. The topological polar surface area (TPSA) is 271 Å². The number of hydrogen-bond acceptors (Lipinski definition) is 13. The number of phenols is 1. The molecule has 1 aliphatic heterocycles. The molecule has 2 aromatic heterocycles. The maximum atomic E-state index is 13.5. The summed E-state index contributed by atoms with van der Waals surface area (Å²) >= 11 is 0. The fourth-order valence-electron chi connectivity index (χ4n) is 7.84. The fourth-order valence-corrected chi connectivity index (χ4v) is 7.84. The average molecular weight is 841 g/mol. The molecule has 2 fully saturated rings. The molecule has 1 saturated carbocycles. The van der Waals surface area contributed by atoms with Crippen LogP contribution in [-0.4, -0.2) is 117 Å². The van der Waals surface area contributed by atoms with Crippen molar-refractivity contribution in [2.45, 2.75) is 114 Å². The van der Waals surface area contributed by atoms with Gasteiger partial charge in [-0.1, -0.05) is 54.8 Å². The van der Waals surface area contributed by atoms with Crippen molar-refractivity contribution < 1.29 is 49.4 Å². The highest BCUT2D eigenvalue weighted by Gasteiger charge is 2.54.